The SMILES string of the molecule is COc1ccc(OCCCn2c(C(C)C)nc3scc(C(=O)O)c3c2=O)cc1. The van der Waals surface area contributed by atoms with Gasteiger partial charge in [-0.3, -0.25) is 9.36 Å². The molecule has 1 aromatic carbocycles. The van der Waals surface area contributed by atoms with E-state index < -0.39 is 5.97 Å². The summed E-state index contributed by atoms with van der Waals surface area (Å²) < 4.78 is 12.4. The molecule has 3 rings (SSSR count). The van der Waals surface area contributed by atoms with Crippen molar-refractivity contribution in [1.82, 2.24) is 9.55 Å². The van der Waals surface area contributed by atoms with Gasteiger partial charge in [0.15, 0.2) is 0 Å². The van der Waals surface area contributed by atoms with Gasteiger partial charge in [-0.05, 0) is 30.7 Å². The Morgan fingerprint density at radius 3 is 2.54 bits per heavy atom. The van der Waals surface area contributed by atoms with Crippen molar-refractivity contribution >= 4 is 27.5 Å². The minimum atomic E-state index is -1.11. The Balaban J connectivity index is 1.79. The fourth-order valence-electron chi connectivity index (χ4n) is 2.94. The molecule has 2 aromatic heterocycles. The summed E-state index contributed by atoms with van der Waals surface area (Å²) in [4.78, 5) is 29.4. The number of carbonyl (C=O) groups is 1. The topological polar surface area (TPSA) is 90.7 Å². The number of ether oxygens (including phenoxy) is 2. The maximum Gasteiger partial charge on any atom is 0.337 e. The molecule has 0 radical (unpaired) electrons. The Bertz CT molecular complexity index is 1040. The van der Waals surface area contributed by atoms with Gasteiger partial charge in [-0.1, -0.05) is 13.8 Å². The highest BCUT2D eigenvalue weighted by Crippen LogP contribution is 2.24. The molecule has 2 heterocycles. The fraction of sp³-hybridized carbons (Fsp3) is 0.350. The molecule has 148 valence electrons. The summed E-state index contributed by atoms with van der Waals surface area (Å²) in [5.41, 5.74) is -0.298. The van der Waals surface area contributed by atoms with Gasteiger partial charge in [0.2, 0.25) is 0 Å². The number of hydrogen-bond donors (Lipinski definition) is 1. The Morgan fingerprint density at radius 1 is 1.25 bits per heavy atom. The van der Waals surface area contributed by atoms with E-state index in [9.17, 15) is 14.7 Å². The van der Waals surface area contributed by atoms with E-state index in [1.807, 2.05) is 38.1 Å². The van der Waals surface area contributed by atoms with Crippen LogP contribution in [0.15, 0.2) is 34.4 Å². The molecule has 28 heavy (non-hydrogen) atoms. The Kier molecular flexibility index (Phi) is 5.99. The third kappa shape index (κ3) is 4.01. The summed E-state index contributed by atoms with van der Waals surface area (Å²) in [5, 5.41) is 11.0. The zero-order valence-corrected chi connectivity index (χ0v) is 16.8. The zero-order chi connectivity index (χ0) is 20.3. The molecule has 0 unspecified atom stereocenters. The predicted octanol–water partition coefficient (Wildman–Crippen LogP) is 3.76. The first-order chi connectivity index (χ1) is 13.4. The summed E-state index contributed by atoms with van der Waals surface area (Å²) in [6, 6.07) is 7.28. The summed E-state index contributed by atoms with van der Waals surface area (Å²) in [5.74, 6) is 1.05. The summed E-state index contributed by atoms with van der Waals surface area (Å²) >= 11 is 1.19. The van der Waals surface area contributed by atoms with Gasteiger partial charge in [0, 0.05) is 17.8 Å². The molecule has 0 fully saturated rings. The molecular formula is C20H22N2O5S. The molecular weight excluding hydrogens is 380 g/mol. The number of rotatable bonds is 8. The summed E-state index contributed by atoms with van der Waals surface area (Å²) in [6.45, 7) is 4.75. The van der Waals surface area contributed by atoms with E-state index in [1.165, 1.54) is 16.7 Å². The van der Waals surface area contributed by atoms with Gasteiger partial charge >= 0.3 is 5.97 Å². The summed E-state index contributed by atoms with van der Waals surface area (Å²) in [6.07, 6.45) is 0.589. The second-order valence-electron chi connectivity index (χ2n) is 6.59. The third-order valence-corrected chi connectivity index (χ3v) is 5.20. The standard InChI is InChI=1S/C20H22N2O5S/c1-12(2)17-21-18-16(15(11-28-18)20(24)25)19(23)22(17)9-4-10-27-14-7-5-13(26-3)6-8-14/h5-8,11-12H,4,9-10H2,1-3H3,(H,24,25). The maximum atomic E-state index is 13.0. The van der Waals surface area contributed by atoms with E-state index in [0.717, 1.165) is 11.5 Å². The number of hydrogen-bond acceptors (Lipinski definition) is 6. The first-order valence-electron chi connectivity index (χ1n) is 8.94. The molecule has 0 aliphatic carbocycles. The van der Waals surface area contributed by atoms with Crippen LogP contribution in [0.5, 0.6) is 11.5 Å². The Hall–Kier alpha value is -2.87. The quantitative estimate of drug-likeness (QED) is 0.577. The molecule has 1 N–H and O–H groups in total. The molecule has 0 aliphatic heterocycles. The van der Waals surface area contributed by atoms with Crippen LogP contribution in [0.4, 0.5) is 0 Å². The Morgan fingerprint density at radius 2 is 1.93 bits per heavy atom. The van der Waals surface area contributed by atoms with Crippen LogP contribution in [0.3, 0.4) is 0 Å². The molecule has 0 amide bonds. The zero-order valence-electron chi connectivity index (χ0n) is 16.0. The number of methoxy groups -OCH3 is 1. The molecule has 8 heteroatoms. The number of benzene rings is 1. The van der Waals surface area contributed by atoms with E-state index >= 15 is 0 Å². The lowest BCUT2D eigenvalue weighted by Crippen LogP contribution is -2.27. The van der Waals surface area contributed by atoms with Crippen LogP contribution in [0, 0.1) is 0 Å². The maximum absolute atomic E-state index is 13.0. The first-order valence-corrected chi connectivity index (χ1v) is 9.82. The molecule has 0 spiro atoms. The van der Waals surface area contributed by atoms with Gasteiger partial charge in [-0.25, -0.2) is 9.78 Å². The average molecular weight is 402 g/mol. The van der Waals surface area contributed by atoms with Gasteiger partial charge in [-0.15, -0.1) is 11.3 Å². The van der Waals surface area contributed by atoms with E-state index in [1.54, 1.807) is 11.7 Å². The Labute approximate surface area is 166 Å². The minimum Gasteiger partial charge on any atom is -0.497 e. The number of carboxylic acid groups (broad SMARTS) is 1. The fourth-order valence-corrected chi connectivity index (χ4v) is 3.85. The molecule has 7 nitrogen and oxygen atoms in total. The van der Waals surface area contributed by atoms with Crippen molar-refractivity contribution in [2.75, 3.05) is 13.7 Å². The molecule has 0 saturated carbocycles. The predicted molar refractivity (Wildman–Crippen MR) is 108 cm³/mol. The number of aromatic carboxylic acids is 1. The lowest BCUT2D eigenvalue weighted by molar-refractivity contribution is 0.0699. The van der Waals surface area contributed by atoms with Crippen molar-refractivity contribution in [2.45, 2.75) is 32.7 Å². The molecule has 3 aromatic rings. The van der Waals surface area contributed by atoms with Crippen LogP contribution < -0.4 is 15.0 Å². The van der Waals surface area contributed by atoms with Crippen molar-refractivity contribution in [3.63, 3.8) is 0 Å². The van der Waals surface area contributed by atoms with E-state index in [0.29, 0.717) is 30.2 Å². The molecule has 0 saturated heterocycles. The number of fused-ring (bicyclic) bond motifs is 1. The van der Waals surface area contributed by atoms with Crippen molar-refractivity contribution < 1.29 is 19.4 Å². The third-order valence-electron chi connectivity index (χ3n) is 4.32. The number of aromatic nitrogens is 2. The molecule has 0 aliphatic rings. The lowest BCUT2D eigenvalue weighted by Gasteiger charge is -2.15. The van der Waals surface area contributed by atoms with E-state index in [2.05, 4.69) is 4.98 Å². The van der Waals surface area contributed by atoms with Crippen LogP contribution in [0.1, 0.15) is 42.4 Å². The monoisotopic (exact) mass is 402 g/mol. The number of thiophene rings is 1. The second-order valence-corrected chi connectivity index (χ2v) is 7.45. The van der Waals surface area contributed by atoms with Crippen LogP contribution in [-0.4, -0.2) is 34.3 Å². The minimum absolute atomic E-state index is 0.0102. The van der Waals surface area contributed by atoms with Crippen molar-refractivity contribution in [2.24, 2.45) is 0 Å². The average Bonchev–Trinajstić information content (AvgIpc) is 3.11. The van der Waals surface area contributed by atoms with Crippen molar-refractivity contribution in [3.8, 4) is 11.5 Å². The van der Waals surface area contributed by atoms with E-state index in [-0.39, 0.29) is 22.4 Å². The highest BCUT2D eigenvalue weighted by Gasteiger charge is 2.20. The lowest BCUT2D eigenvalue weighted by atomic mass is 10.1. The number of carboxylic acids is 1. The van der Waals surface area contributed by atoms with Gasteiger partial charge < -0.3 is 14.6 Å². The van der Waals surface area contributed by atoms with Crippen LogP contribution in [-0.2, 0) is 6.54 Å². The highest BCUT2D eigenvalue weighted by atomic mass is 32.1. The first kappa shape index (κ1) is 19.9. The largest absolute Gasteiger partial charge is 0.497 e. The molecule has 0 atom stereocenters. The van der Waals surface area contributed by atoms with Gasteiger partial charge in [-0.2, -0.15) is 0 Å². The van der Waals surface area contributed by atoms with Crippen molar-refractivity contribution in [3.05, 3.63) is 51.4 Å². The van der Waals surface area contributed by atoms with Gasteiger partial charge in [0.25, 0.3) is 5.56 Å². The highest BCUT2D eigenvalue weighted by molar-refractivity contribution is 7.17. The number of nitrogens with zero attached hydrogens (tertiary/aromatic N) is 2. The van der Waals surface area contributed by atoms with E-state index in [4.69, 9.17) is 9.47 Å². The van der Waals surface area contributed by atoms with Gasteiger partial charge in [0.05, 0.1) is 24.7 Å². The van der Waals surface area contributed by atoms with Gasteiger partial charge in [0.1, 0.15) is 22.2 Å². The molecule has 0 bridgehead atoms. The summed E-state index contributed by atoms with van der Waals surface area (Å²) in [7, 11) is 1.61. The van der Waals surface area contributed by atoms with Crippen LogP contribution in [0.2, 0.25) is 0 Å². The van der Waals surface area contributed by atoms with Crippen LogP contribution in [0.25, 0.3) is 10.2 Å². The normalized spacial score (nSPS) is 11.1. The smallest absolute Gasteiger partial charge is 0.337 e. The van der Waals surface area contributed by atoms with Crippen LogP contribution >= 0.6 is 11.3 Å². The van der Waals surface area contributed by atoms with Crippen molar-refractivity contribution in [1.29, 1.82) is 0 Å². The second kappa shape index (κ2) is 8.43.